The second-order valence-electron chi connectivity index (χ2n) is 2.57. The van der Waals surface area contributed by atoms with Crippen LogP contribution in [0, 0.1) is 20.2 Å². The summed E-state index contributed by atoms with van der Waals surface area (Å²) < 4.78 is 4.85. The summed E-state index contributed by atoms with van der Waals surface area (Å²) in [6.45, 7) is 0. The summed E-state index contributed by atoms with van der Waals surface area (Å²) >= 11 is 0. The van der Waals surface area contributed by atoms with E-state index in [-0.39, 0.29) is 5.96 Å². The lowest BCUT2D eigenvalue weighted by atomic mass is 10.4. The maximum absolute atomic E-state index is 8.36. The third-order valence-corrected chi connectivity index (χ3v) is 1.19. The van der Waals surface area contributed by atoms with Gasteiger partial charge in [-0.3, -0.25) is 0 Å². The molecule has 0 aliphatic rings. The number of nitrogens with zero attached hydrogens (tertiary/aromatic N) is 4. The van der Waals surface area contributed by atoms with Crippen LogP contribution >= 0.6 is 0 Å². The zero-order valence-corrected chi connectivity index (χ0v) is 10.1. The van der Waals surface area contributed by atoms with Gasteiger partial charge in [0.1, 0.15) is 0 Å². The van der Waals surface area contributed by atoms with Gasteiger partial charge < -0.3 is 26.6 Å². The number of methoxy groups -OCH3 is 1. The molecule has 1 rings (SSSR count). The number of nitrogens with two attached hydrogens (primary N) is 2. The van der Waals surface area contributed by atoms with E-state index in [4.69, 9.17) is 46.8 Å². The quantitative estimate of drug-likeness (QED) is 0.232. The molecular formula is C7H12N6O7. The Bertz CT molecular complexity index is 423. The Morgan fingerprint density at radius 3 is 2.00 bits per heavy atom. The molecule has 0 aliphatic carbocycles. The summed E-state index contributed by atoms with van der Waals surface area (Å²) in [5.74, 6) is 0.548. The largest absolute Gasteiger partial charge is 0.481 e. The van der Waals surface area contributed by atoms with Gasteiger partial charge in [0.2, 0.25) is 5.88 Å². The number of guanidine groups is 1. The average molecular weight is 292 g/mol. The minimum atomic E-state index is -1.50. The molecule has 0 saturated heterocycles. The van der Waals surface area contributed by atoms with Crippen molar-refractivity contribution in [1.82, 2.24) is 4.98 Å². The molecule has 1 aromatic heterocycles. The highest BCUT2D eigenvalue weighted by molar-refractivity contribution is 5.78. The summed E-state index contributed by atoms with van der Waals surface area (Å²) in [7, 11) is 1.54. The van der Waals surface area contributed by atoms with Gasteiger partial charge in [0.15, 0.2) is 5.96 Å². The molecule has 0 saturated carbocycles. The second-order valence-corrected chi connectivity index (χ2v) is 2.57. The first kappa shape index (κ1) is 19.0. The van der Waals surface area contributed by atoms with E-state index in [1.165, 1.54) is 6.20 Å². The van der Waals surface area contributed by atoms with E-state index in [9.17, 15) is 0 Å². The van der Waals surface area contributed by atoms with Crippen LogP contribution in [-0.2, 0) is 0 Å². The van der Waals surface area contributed by atoms with Crippen LogP contribution < -0.4 is 16.2 Å². The third kappa shape index (κ3) is 17.0. The standard InChI is InChI=1S/C7H10N4O.2HNO3/c1-12-6-3-2-5(4-10-6)11-7(8)9;2*2-1(3)4/h2-4H,1H3,(H4,8,9,11);2*(H,2,3,4). The van der Waals surface area contributed by atoms with E-state index in [0.29, 0.717) is 11.6 Å². The van der Waals surface area contributed by atoms with E-state index >= 15 is 0 Å². The lowest BCUT2D eigenvalue weighted by molar-refractivity contribution is -0.742. The van der Waals surface area contributed by atoms with E-state index in [0.717, 1.165) is 0 Å². The highest BCUT2D eigenvalue weighted by atomic mass is 16.9. The SMILES string of the molecule is COc1ccc(N=C(N)N)cn1.O=[N+]([O-])O.O=[N+]([O-])O. The molecule has 1 aromatic rings. The van der Waals surface area contributed by atoms with Gasteiger partial charge in [-0.25, -0.2) is 9.98 Å². The van der Waals surface area contributed by atoms with E-state index in [1.54, 1.807) is 19.2 Å². The normalized spacial score (nSPS) is 7.85. The Balaban J connectivity index is 0. The number of aromatic nitrogens is 1. The van der Waals surface area contributed by atoms with Gasteiger partial charge in [-0.05, 0) is 6.07 Å². The van der Waals surface area contributed by atoms with Gasteiger partial charge in [0.05, 0.1) is 19.0 Å². The number of ether oxygens (including phenoxy) is 1. The van der Waals surface area contributed by atoms with Gasteiger partial charge in [-0.1, -0.05) is 0 Å². The molecule has 112 valence electrons. The predicted octanol–water partition coefficient (Wildman–Crippen LogP) is -0.700. The lowest BCUT2D eigenvalue weighted by Crippen LogP contribution is -2.21. The number of aliphatic imine (C=N–C) groups is 1. The monoisotopic (exact) mass is 292 g/mol. The molecule has 13 nitrogen and oxygen atoms in total. The summed E-state index contributed by atoms with van der Waals surface area (Å²) in [5, 5.41) is 27.3. The van der Waals surface area contributed by atoms with E-state index in [1.807, 2.05) is 0 Å². The molecule has 20 heavy (non-hydrogen) atoms. The molecule has 0 aromatic carbocycles. The van der Waals surface area contributed by atoms with Crippen molar-refractivity contribution < 1.29 is 25.3 Å². The maximum atomic E-state index is 8.36. The fraction of sp³-hybridized carbons (Fsp3) is 0.143. The Morgan fingerprint density at radius 2 is 1.75 bits per heavy atom. The van der Waals surface area contributed by atoms with Crippen LogP contribution in [-0.4, -0.2) is 38.6 Å². The molecule has 1 heterocycles. The first-order valence-corrected chi connectivity index (χ1v) is 4.45. The Kier molecular flexibility index (Phi) is 10.2. The van der Waals surface area contributed by atoms with Crippen LogP contribution in [0.3, 0.4) is 0 Å². The lowest BCUT2D eigenvalue weighted by Gasteiger charge is -1.97. The van der Waals surface area contributed by atoms with Crippen LogP contribution in [0.15, 0.2) is 23.3 Å². The molecule has 0 amide bonds. The van der Waals surface area contributed by atoms with E-state index < -0.39 is 10.2 Å². The van der Waals surface area contributed by atoms with E-state index in [2.05, 4.69) is 9.98 Å². The fourth-order valence-corrected chi connectivity index (χ4v) is 0.708. The van der Waals surface area contributed by atoms with Crippen molar-refractivity contribution >= 4 is 11.6 Å². The third-order valence-electron chi connectivity index (χ3n) is 1.19. The number of pyridine rings is 1. The summed E-state index contributed by atoms with van der Waals surface area (Å²) in [6.07, 6.45) is 1.53. The highest BCUT2D eigenvalue weighted by Crippen LogP contribution is 2.13. The molecule has 0 atom stereocenters. The summed E-state index contributed by atoms with van der Waals surface area (Å²) in [6, 6.07) is 3.40. The zero-order valence-electron chi connectivity index (χ0n) is 10.1. The summed E-state index contributed by atoms with van der Waals surface area (Å²) in [5.41, 5.74) is 10.9. The molecule has 13 heteroatoms. The molecule has 6 N–H and O–H groups in total. The number of rotatable bonds is 2. The van der Waals surface area contributed by atoms with Gasteiger partial charge in [-0.2, -0.15) is 0 Å². The van der Waals surface area contributed by atoms with Crippen molar-refractivity contribution in [2.24, 2.45) is 16.5 Å². The van der Waals surface area contributed by atoms with Crippen molar-refractivity contribution in [2.45, 2.75) is 0 Å². The zero-order chi connectivity index (χ0) is 16.1. The second kappa shape index (κ2) is 10.8. The average Bonchev–Trinajstić information content (AvgIpc) is 2.27. The van der Waals surface area contributed by atoms with Gasteiger partial charge in [-0.15, -0.1) is 20.2 Å². The minimum absolute atomic E-state index is 0.0157. The first-order valence-electron chi connectivity index (χ1n) is 4.45. The smallest absolute Gasteiger partial charge is 0.291 e. The van der Waals surface area contributed by atoms with Crippen molar-refractivity contribution in [3.8, 4) is 5.88 Å². The molecular weight excluding hydrogens is 280 g/mol. The van der Waals surface area contributed by atoms with Crippen LogP contribution in [0.4, 0.5) is 5.69 Å². The molecule has 0 radical (unpaired) electrons. The molecule has 0 fully saturated rings. The van der Waals surface area contributed by atoms with Crippen LogP contribution in [0.1, 0.15) is 0 Å². The van der Waals surface area contributed by atoms with Crippen molar-refractivity contribution in [3.05, 3.63) is 38.6 Å². The minimum Gasteiger partial charge on any atom is -0.481 e. The molecule has 0 unspecified atom stereocenters. The Morgan fingerprint density at radius 1 is 1.30 bits per heavy atom. The number of hydrogen-bond acceptors (Lipinski definition) is 7. The number of hydrogen-bond donors (Lipinski definition) is 4. The first-order chi connectivity index (χ1) is 9.18. The van der Waals surface area contributed by atoms with Crippen LogP contribution in [0.25, 0.3) is 0 Å². The van der Waals surface area contributed by atoms with Gasteiger partial charge in [0.25, 0.3) is 10.2 Å². The van der Waals surface area contributed by atoms with Gasteiger partial charge >= 0.3 is 0 Å². The fourth-order valence-electron chi connectivity index (χ4n) is 0.708. The Hall–Kier alpha value is -3.38. The van der Waals surface area contributed by atoms with Crippen LogP contribution in [0.2, 0.25) is 0 Å². The maximum Gasteiger partial charge on any atom is 0.291 e. The molecule has 0 bridgehead atoms. The van der Waals surface area contributed by atoms with Crippen molar-refractivity contribution in [1.29, 1.82) is 0 Å². The topological polar surface area (TPSA) is 213 Å². The predicted molar refractivity (Wildman–Crippen MR) is 63.8 cm³/mol. The van der Waals surface area contributed by atoms with Crippen molar-refractivity contribution in [2.75, 3.05) is 7.11 Å². The molecule has 0 spiro atoms. The van der Waals surface area contributed by atoms with Crippen molar-refractivity contribution in [3.63, 3.8) is 0 Å². The summed E-state index contributed by atoms with van der Waals surface area (Å²) in [4.78, 5) is 24.4. The molecule has 0 aliphatic heterocycles. The Labute approximate surface area is 111 Å². The highest BCUT2D eigenvalue weighted by Gasteiger charge is 1.92. The van der Waals surface area contributed by atoms with Gasteiger partial charge in [0, 0.05) is 6.07 Å². The van der Waals surface area contributed by atoms with Crippen LogP contribution in [0.5, 0.6) is 5.88 Å².